The van der Waals surface area contributed by atoms with E-state index in [2.05, 4.69) is 14.8 Å². The number of benzene rings is 2. The molecule has 0 atom stereocenters. The van der Waals surface area contributed by atoms with Crippen molar-refractivity contribution in [1.29, 1.82) is 0 Å². The van der Waals surface area contributed by atoms with Crippen LogP contribution in [0.2, 0.25) is 0 Å². The lowest BCUT2D eigenvalue weighted by Crippen LogP contribution is -2.47. The van der Waals surface area contributed by atoms with Crippen molar-refractivity contribution in [3.63, 3.8) is 0 Å². The molecule has 0 N–H and O–H groups in total. The Morgan fingerprint density at radius 1 is 1.00 bits per heavy atom. The summed E-state index contributed by atoms with van der Waals surface area (Å²) in [7, 11) is 3.98. The number of hydrogen-bond acceptors (Lipinski definition) is 7. The number of amides is 1. The summed E-state index contributed by atoms with van der Waals surface area (Å²) >= 11 is 1.42. The molecule has 0 bridgehead atoms. The fourth-order valence-electron chi connectivity index (χ4n) is 3.49. The first-order valence-electron chi connectivity index (χ1n) is 9.95. The molecule has 4 rings (SSSR count). The maximum atomic E-state index is 12.4. The van der Waals surface area contributed by atoms with Crippen LogP contribution in [0, 0.1) is 10.1 Å². The lowest BCUT2D eigenvalue weighted by Gasteiger charge is -2.36. The maximum Gasteiger partial charge on any atom is 0.286 e. The van der Waals surface area contributed by atoms with Gasteiger partial charge < -0.3 is 14.7 Å². The van der Waals surface area contributed by atoms with E-state index in [1.807, 2.05) is 49.3 Å². The molecule has 2 heterocycles. The summed E-state index contributed by atoms with van der Waals surface area (Å²) in [5, 5.41) is 11.6. The topological polar surface area (TPSA) is 82.3 Å². The number of carbonyl (C=O) groups excluding carboxylic acids is 1. The monoisotopic (exact) mass is 437 g/mol. The first-order valence-corrected chi connectivity index (χ1v) is 10.8. The Hall–Kier alpha value is -3.33. The molecule has 9 heteroatoms. The Morgan fingerprint density at radius 2 is 1.61 bits per heavy atom. The highest BCUT2D eigenvalue weighted by Crippen LogP contribution is 2.31. The minimum atomic E-state index is -0.393. The first kappa shape index (κ1) is 20.9. The van der Waals surface area contributed by atoms with E-state index < -0.39 is 4.92 Å². The van der Waals surface area contributed by atoms with Gasteiger partial charge in [-0.2, -0.15) is 4.99 Å². The Kier molecular flexibility index (Phi) is 5.94. The van der Waals surface area contributed by atoms with Crippen LogP contribution < -0.4 is 9.80 Å². The van der Waals surface area contributed by atoms with E-state index in [1.165, 1.54) is 23.9 Å². The predicted molar refractivity (Wildman–Crippen MR) is 126 cm³/mol. The number of rotatable bonds is 4. The predicted octanol–water partition coefficient (Wildman–Crippen LogP) is 3.45. The minimum absolute atomic E-state index is 0.0910. The zero-order chi connectivity index (χ0) is 22.0. The van der Waals surface area contributed by atoms with Crippen LogP contribution in [0.4, 0.5) is 17.1 Å². The largest absolute Gasteiger partial charge is 0.378 e. The molecule has 0 aliphatic carbocycles. The van der Waals surface area contributed by atoms with Crippen molar-refractivity contribution in [2.24, 2.45) is 4.99 Å². The number of piperazine rings is 1. The van der Waals surface area contributed by atoms with Crippen molar-refractivity contribution in [2.75, 3.05) is 50.1 Å². The zero-order valence-electron chi connectivity index (χ0n) is 17.4. The molecule has 8 nitrogen and oxygen atoms in total. The van der Waals surface area contributed by atoms with Gasteiger partial charge in [-0.05, 0) is 47.7 Å². The molecule has 0 aromatic heterocycles. The minimum Gasteiger partial charge on any atom is -0.378 e. The highest BCUT2D eigenvalue weighted by atomic mass is 32.2. The van der Waals surface area contributed by atoms with E-state index in [0.29, 0.717) is 4.91 Å². The van der Waals surface area contributed by atoms with Crippen LogP contribution in [0.15, 0.2) is 58.4 Å². The Labute approximate surface area is 185 Å². The number of anilines is 2. The van der Waals surface area contributed by atoms with E-state index in [1.54, 1.807) is 12.1 Å². The number of thioether (sulfide) groups is 1. The molecule has 2 aromatic rings. The molecular weight excluding hydrogens is 414 g/mol. The molecule has 2 aliphatic rings. The van der Waals surface area contributed by atoms with Crippen LogP contribution in [0.5, 0.6) is 0 Å². The maximum absolute atomic E-state index is 12.4. The summed E-state index contributed by atoms with van der Waals surface area (Å²) in [6, 6.07) is 14.7. The van der Waals surface area contributed by atoms with Crippen molar-refractivity contribution >= 4 is 46.0 Å². The van der Waals surface area contributed by atoms with E-state index in [0.717, 1.165) is 48.3 Å². The lowest BCUT2D eigenvalue weighted by atomic mass is 10.2. The molecule has 1 saturated heterocycles. The Balaban J connectivity index is 1.36. The number of hydrogen-bond donors (Lipinski definition) is 0. The summed E-state index contributed by atoms with van der Waals surface area (Å²) in [5.41, 5.74) is 3.13. The summed E-state index contributed by atoms with van der Waals surface area (Å²) < 4.78 is 0. The van der Waals surface area contributed by atoms with Gasteiger partial charge in [0.15, 0.2) is 5.17 Å². The molecule has 31 heavy (non-hydrogen) atoms. The number of aliphatic imine (C=N–C) groups is 1. The van der Waals surface area contributed by atoms with Gasteiger partial charge in [-0.1, -0.05) is 12.1 Å². The highest BCUT2D eigenvalue weighted by Gasteiger charge is 2.28. The first-order chi connectivity index (χ1) is 14.9. The summed E-state index contributed by atoms with van der Waals surface area (Å²) in [6.45, 7) is 3.00. The molecule has 160 valence electrons. The second-order valence-electron chi connectivity index (χ2n) is 7.54. The van der Waals surface area contributed by atoms with Crippen LogP contribution in [0.3, 0.4) is 0 Å². The van der Waals surface area contributed by atoms with Gasteiger partial charge in [0.05, 0.1) is 9.83 Å². The number of nitrogens with zero attached hydrogens (tertiary/aromatic N) is 5. The zero-order valence-corrected chi connectivity index (χ0v) is 18.2. The van der Waals surface area contributed by atoms with Crippen molar-refractivity contribution < 1.29 is 9.72 Å². The molecule has 1 amide bonds. The van der Waals surface area contributed by atoms with E-state index in [4.69, 9.17) is 0 Å². The van der Waals surface area contributed by atoms with E-state index in [9.17, 15) is 14.9 Å². The summed E-state index contributed by atoms with van der Waals surface area (Å²) in [5.74, 6) is -0.200. The third-order valence-electron chi connectivity index (χ3n) is 5.29. The van der Waals surface area contributed by atoms with Crippen LogP contribution in [0.1, 0.15) is 5.56 Å². The molecule has 2 aliphatic heterocycles. The van der Waals surface area contributed by atoms with Gasteiger partial charge in [0.2, 0.25) is 0 Å². The van der Waals surface area contributed by atoms with E-state index >= 15 is 0 Å². The lowest BCUT2D eigenvalue weighted by molar-refractivity contribution is -0.384. The number of amidine groups is 1. The number of nitro benzene ring substituents is 1. The van der Waals surface area contributed by atoms with Crippen molar-refractivity contribution in [3.05, 3.63) is 69.1 Å². The van der Waals surface area contributed by atoms with Crippen LogP contribution in [-0.2, 0) is 4.79 Å². The standard InChI is InChI=1S/C22H23N5O3S/c1-24(2)17-5-3-16(4-6-17)15-20-21(28)23-22(31-20)26-13-11-25(12-14-26)18-7-9-19(10-8-18)27(29)30/h3-10,15H,11-14H2,1-2H3/b20-15-. The van der Waals surface area contributed by atoms with Gasteiger partial charge in [0.1, 0.15) is 0 Å². The molecule has 1 fully saturated rings. The average Bonchev–Trinajstić information content (AvgIpc) is 3.14. The molecular formula is C22H23N5O3S. The van der Waals surface area contributed by atoms with Crippen molar-refractivity contribution in [3.8, 4) is 0 Å². The second-order valence-corrected chi connectivity index (χ2v) is 8.55. The molecule has 0 saturated carbocycles. The SMILES string of the molecule is CN(C)c1ccc(/C=C2\SC(N3CCN(c4ccc([N+](=O)[O-])cc4)CC3)=NC2=O)cc1. The fourth-order valence-corrected chi connectivity index (χ4v) is 4.46. The van der Waals surface area contributed by atoms with Crippen molar-refractivity contribution in [1.82, 2.24) is 4.90 Å². The molecule has 0 unspecified atom stereocenters. The fraction of sp³-hybridized carbons (Fsp3) is 0.273. The van der Waals surface area contributed by atoms with Gasteiger partial charge in [-0.3, -0.25) is 14.9 Å². The molecule has 0 spiro atoms. The third-order valence-corrected chi connectivity index (χ3v) is 6.34. The number of nitro groups is 1. The molecule has 0 radical (unpaired) electrons. The van der Waals surface area contributed by atoms with E-state index in [-0.39, 0.29) is 11.6 Å². The highest BCUT2D eigenvalue weighted by molar-refractivity contribution is 8.18. The van der Waals surface area contributed by atoms with Gasteiger partial charge in [-0.15, -0.1) is 0 Å². The average molecular weight is 438 g/mol. The van der Waals surface area contributed by atoms with Crippen molar-refractivity contribution in [2.45, 2.75) is 0 Å². The number of carbonyl (C=O) groups is 1. The van der Waals surface area contributed by atoms with Gasteiger partial charge in [0.25, 0.3) is 11.6 Å². The second kappa shape index (κ2) is 8.81. The summed E-state index contributed by atoms with van der Waals surface area (Å²) in [6.07, 6.45) is 1.88. The summed E-state index contributed by atoms with van der Waals surface area (Å²) in [4.78, 5) is 34.1. The molecule has 2 aromatic carbocycles. The Bertz CT molecular complexity index is 1040. The van der Waals surface area contributed by atoms with Crippen LogP contribution in [-0.4, -0.2) is 61.2 Å². The van der Waals surface area contributed by atoms with Gasteiger partial charge in [0, 0.05) is 63.8 Å². The quantitative estimate of drug-likeness (QED) is 0.412. The van der Waals surface area contributed by atoms with Crippen LogP contribution in [0.25, 0.3) is 6.08 Å². The van der Waals surface area contributed by atoms with Gasteiger partial charge in [-0.25, -0.2) is 0 Å². The number of non-ortho nitro benzene ring substituents is 1. The van der Waals surface area contributed by atoms with Crippen LogP contribution >= 0.6 is 11.8 Å². The van der Waals surface area contributed by atoms with Gasteiger partial charge >= 0.3 is 0 Å². The smallest absolute Gasteiger partial charge is 0.286 e. The third kappa shape index (κ3) is 4.72. The Morgan fingerprint density at radius 3 is 2.19 bits per heavy atom. The normalized spacial score (nSPS) is 17.8.